The van der Waals surface area contributed by atoms with Crippen LogP contribution in [-0.4, -0.2) is 6.10 Å². The molecule has 0 saturated carbocycles. The number of para-hydroxylation sites is 1. The van der Waals surface area contributed by atoms with Gasteiger partial charge in [0.1, 0.15) is 18.5 Å². The van der Waals surface area contributed by atoms with Crippen LogP contribution in [0.5, 0.6) is 5.75 Å². The molecule has 2 unspecified atom stereocenters. The third kappa shape index (κ3) is 2.39. The van der Waals surface area contributed by atoms with Crippen LogP contribution in [-0.2, 0) is 11.3 Å². The van der Waals surface area contributed by atoms with Crippen LogP contribution in [0.1, 0.15) is 24.2 Å². The van der Waals surface area contributed by atoms with Crippen molar-refractivity contribution in [2.45, 2.75) is 25.7 Å². The second kappa shape index (κ2) is 4.83. The van der Waals surface area contributed by atoms with Crippen molar-refractivity contribution in [3.63, 3.8) is 0 Å². The summed E-state index contributed by atoms with van der Waals surface area (Å²) in [7, 11) is 0. The molecule has 1 aliphatic rings. The van der Waals surface area contributed by atoms with Crippen molar-refractivity contribution in [2.24, 2.45) is 0 Å². The molecule has 1 heterocycles. The molecule has 2 heteroatoms. The summed E-state index contributed by atoms with van der Waals surface area (Å²) in [5, 5.41) is 0. The lowest BCUT2D eigenvalue weighted by Crippen LogP contribution is -1.98. The van der Waals surface area contributed by atoms with Crippen LogP contribution < -0.4 is 4.74 Å². The average molecular weight is 240 g/mol. The maximum Gasteiger partial charge on any atom is 0.125 e. The largest absolute Gasteiger partial charge is 0.489 e. The number of benzene rings is 2. The molecule has 0 radical (unpaired) electrons. The Morgan fingerprint density at radius 2 is 1.67 bits per heavy atom. The van der Waals surface area contributed by atoms with E-state index in [1.165, 1.54) is 5.56 Å². The molecule has 2 aromatic rings. The maximum absolute atomic E-state index is 5.89. The zero-order valence-electron chi connectivity index (χ0n) is 10.4. The average Bonchev–Trinajstić information content (AvgIpc) is 3.15. The minimum atomic E-state index is 0.206. The monoisotopic (exact) mass is 240 g/mol. The summed E-state index contributed by atoms with van der Waals surface area (Å²) < 4.78 is 11.4. The number of epoxide rings is 1. The molecule has 0 amide bonds. The minimum absolute atomic E-state index is 0.206. The number of ether oxygens (including phenoxy) is 2. The molecule has 0 spiro atoms. The Hall–Kier alpha value is -1.80. The fourth-order valence-corrected chi connectivity index (χ4v) is 2.09. The first-order valence-electron chi connectivity index (χ1n) is 6.26. The summed E-state index contributed by atoms with van der Waals surface area (Å²) in [6.45, 7) is 2.68. The van der Waals surface area contributed by atoms with Crippen molar-refractivity contribution in [1.29, 1.82) is 0 Å². The first kappa shape index (κ1) is 11.3. The predicted molar refractivity (Wildman–Crippen MR) is 70.5 cm³/mol. The van der Waals surface area contributed by atoms with Gasteiger partial charge >= 0.3 is 0 Å². The van der Waals surface area contributed by atoms with Gasteiger partial charge in [-0.1, -0.05) is 48.5 Å². The summed E-state index contributed by atoms with van der Waals surface area (Å²) in [6.07, 6.45) is 0.517. The van der Waals surface area contributed by atoms with Gasteiger partial charge in [0.05, 0.1) is 6.10 Å². The molecule has 92 valence electrons. The van der Waals surface area contributed by atoms with Crippen LogP contribution in [0.2, 0.25) is 0 Å². The number of rotatable bonds is 4. The van der Waals surface area contributed by atoms with E-state index in [1.54, 1.807) is 0 Å². The first-order chi connectivity index (χ1) is 8.84. The number of hydrogen-bond donors (Lipinski definition) is 0. The highest BCUT2D eigenvalue weighted by Gasteiger charge is 2.37. The SMILES string of the molecule is CC1OC1c1ccccc1OCc1ccccc1. The van der Waals surface area contributed by atoms with E-state index >= 15 is 0 Å². The Kier molecular flexibility index (Phi) is 3.03. The minimum Gasteiger partial charge on any atom is -0.489 e. The van der Waals surface area contributed by atoms with Crippen LogP contribution in [0.3, 0.4) is 0 Å². The second-order valence-electron chi connectivity index (χ2n) is 4.57. The third-order valence-electron chi connectivity index (χ3n) is 3.17. The maximum atomic E-state index is 5.89. The molecule has 18 heavy (non-hydrogen) atoms. The first-order valence-corrected chi connectivity index (χ1v) is 6.26. The molecule has 3 rings (SSSR count). The quantitative estimate of drug-likeness (QED) is 0.760. The highest BCUT2D eigenvalue weighted by Crippen LogP contribution is 2.42. The molecule has 0 aromatic heterocycles. The molecule has 1 saturated heterocycles. The van der Waals surface area contributed by atoms with E-state index in [9.17, 15) is 0 Å². The van der Waals surface area contributed by atoms with Crippen molar-refractivity contribution in [1.82, 2.24) is 0 Å². The lowest BCUT2D eigenvalue weighted by atomic mass is 10.1. The molecule has 1 aliphatic heterocycles. The fourth-order valence-electron chi connectivity index (χ4n) is 2.09. The third-order valence-corrected chi connectivity index (χ3v) is 3.17. The van der Waals surface area contributed by atoms with Gasteiger partial charge in [0.25, 0.3) is 0 Å². The summed E-state index contributed by atoms with van der Waals surface area (Å²) in [5.41, 5.74) is 2.33. The van der Waals surface area contributed by atoms with Crippen LogP contribution >= 0.6 is 0 Å². The normalized spacial score (nSPS) is 21.6. The molecule has 2 atom stereocenters. The molecule has 0 N–H and O–H groups in total. The van der Waals surface area contributed by atoms with E-state index in [4.69, 9.17) is 9.47 Å². The summed E-state index contributed by atoms with van der Waals surface area (Å²) in [4.78, 5) is 0. The van der Waals surface area contributed by atoms with Crippen LogP contribution in [0.4, 0.5) is 0 Å². The van der Waals surface area contributed by atoms with Gasteiger partial charge in [-0.05, 0) is 18.6 Å². The Bertz CT molecular complexity index is 522. The van der Waals surface area contributed by atoms with Gasteiger partial charge in [-0.15, -0.1) is 0 Å². The smallest absolute Gasteiger partial charge is 0.125 e. The zero-order valence-corrected chi connectivity index (χ0v) is 10.4. The van der Waals surface area contributed by atoms with E-state index in [0.29, 0.717) is 12.7 Å². The van der Waals surface area contributed by atoms with E-state index in [0.717, 1.165) is 11.3 Å². The summed E-state index contributed by atoms with van der Waals surface area (Å²) in [6, 6.07) is 18.3. The van der Waals surface area contributed by atoms with Gasteiger partial charge in [0.2, 0.25) is 0 Å². The van der Waals surface area contributed by atoms with E-state index in [-0.39, 0.29) is 6.10 Å². The lowest BCUT2D eigenvalue weighted by molar-refractivity contribution is 0.297. The Balaban J connectivity index is 1.73. The van der Waals surface area contributed by atoms with Crippen LogP contribution in [0, 0.1) is 0 Å². The van der Waals surface area contributed by atoms with E-state index < -0.39 is 0 Å². The van der Waals surface area contributed by atoms with Crippen molar-refractivity contribution in [3.8, 4) is 5.75 Å². The Morgan fingerprint density at radius 1 is 1.00 bits per heavy atom. The van der Waals surface area contributed by atoms with Crippen LogP contribution in [0.15, 0.2) is 54.6 Å². The second-order valence-corrected chi connectivity index (χ2v) is 4.57. The molecule has 1 fully saturated rings. The van der Waals surface area contributed by atoms with Crippen molar-refractivity contribution < 1.29 is 9.47 Å². The highest BCUT2D eigenvalue weighted by atomic mass is 16.6. The van der Waals surface area contributed by atoms with Gasteiger partial charge in [-0.25, -0.2) is 0 Å². The highest BCUT2D eigenvalue weighted by molar-refractivity contribution is 5.37. The predicted octanol–water partition coefficient (Wildman–Crippen LogP) is 3.73. The molecular weight excluding hydrogens is 224 g/mol. The van der Waals surface area contributed by atoms with Crippen molar-refractivity contribution in [2.75, 3.05) is 0 Å². The number of hydrogen-bond acceptors (Lipinski definition) is 2. The summed E-state index contributed by atoms with van der Waals surface area (Å²) >= 11 is 0. The standard InChI is InChI=1S/C16H16O2/c1-12-16(18-12)14-9-5-6-10-15(14)17-11-13-7-3-2-4-8-13/h2-10,12,16H,11H2,1H3. The molecular formula is C16H16O2. The molecule has 2 nitrogen and oxygen atoms in total. The van der Waals surface area contributed by atoms with Gasteiger partial charge < -0.3 is 9.47 Å². The van der Waals surface area contributed by atoms with Gasteiger partial charge in [-0.2, -0.15) is 0 Å². The Labute approximate surface area is 107 Å². The van der Waals surface area contributed by atoms with Crippen molar-refractivity contribution >= 4 is 0 Å². The summed E-state index contributed by atoms with van der Waals surface area (Å²) in [5.74, 6) is 0.927. The lowest BCUT2D eigenvalue weighted by Gasteiger charge is -2.10. The van der Waals surface area contributed by atoms with Crippen LogP contribution in [0.25, 0.3) is 0 Å². The van der Waals surface area contributed by atoms with E-state index in [1.807, 2.05) is 36.4 Å². The zero-order chi connectivity index (χ0) is 12.4. The molecule has 2 aromatic carbocycles. The van der Waals surface area contributed by atoms with Gasteiger partial charge in [0.15, 0.2) is 0 Å². The van der Waals surface area contributed by atoms with Gasteiger partial charge in [0, 0.05) is 5.56 Å². The van der Waals surface area contributed by atoms with E-state index in [2.05, 4.69) is 25.1 Å². The molecule has 0 bridgehead atoms. The van der Waals surface area contributed by atoms with Gasteiger partial charge in [-0.3, -0.25) is 0 Å². The fraction of sp³-hybridized carbons (Fsp3) is 0.250. The Morgan fingerprint density at radius 3 is 2.39 bits per heavy atom. The topological polar surface area (TPSA) is 21.8 Å². The molecule has 0 aliphatic carbocycles. The van der Waals surface area contributed by atoms with Crippen molar-refractivity contribution in [3.05, 3.63) is 65.7 Å².